The molecule has 3 rings (SSSR count). The molecule has 0 aliphatic rings. The Morgan fingerprint density at radius 1 is 0.828 bits per heavy atom. The van der Waals surface area contributed by atoms with Gasteiger partial charge in [-0.25, -0.2) is 0 Å². The van der Waals surface area contributed by atoms with E-state index in [1.807, 2.05) is 60.7 Å². The van der Waals surface area contributed by atoms with Crippen LogP contribution in [0.25, 0.3) is 0 Å². The third-order valence-corrected chi connectivity index (χ3v) is 4.65. The minimum atomic E-state index is -0.176. The lowest BCUT2D eigenvalue weighted by Crippen LogP contribution is -2.29. The summed E-state index contributed by atoms with van der Waals surface area (Å²) in [5, 5.41) is 3.14. The predicted molar refractivity (Wildman–Crippen MR) is 114 cm³/mol. The van der Waals surface area contributed by atoms with E-state index in [1.54, 1.807) is 24.3 Å². The summed E-state index contributed by atoms with van der Waals surface area (Å²) in [6.07, 6.45) is 0.984. The summed E-state index contributed by atoms with van der Waals surface area (Å²) < 4.78 is 5.67. The second kappa shape index (κ2) is 10.2. The monoisotopic (exact) mass is 387 g/mol. The minimum absolute atomic E-state index is 0.0155. The standard InChI is InChI=1S/C25H25NO3/c1-19(27)20-14-16-23(17-15-20)29-18-8-13-24(28)26-25(21-9-4-2-5-10-21)22-11-6-3-7-12-22/h2-7,9-12,14-17,25H,8,13,18H2,1H3,(H,26,28). The fourth-order valence-electron chi connectivity index (χ4n) is 3.09. The van der Waals surface area contributed by atoms with E-state index in [9.17, 15) is 9.59 Å². The van der Waals surface area contributed by atoms with Crippen LogP contribution in [0, 0.1) is 0 Å². The second-order valence-corrected chi connectivity index (χ2v) is 6.85. The Labute approximate surface area is 171 Å². The molecule has 0 spiro atoms. The molecule has 0 atom stereocenters. The van der Waals surface area contributed by atoms with Crippen molar-refractivity contribution in [3.05, 3.63) is 102 Å². The normalized spacial score (nSPS) is 10.6. The molecule has 0 aliphatic carbocycles. The van der Waals surface area contributed by atoms with Crippen LogP contribution in [0.4, 0.5) is 0 Å². The van der Waals surface area contributed by atoms with Gasteiger partial charge in [-0.3, -0.25) is 9.59 Å². The van der Waals surface area contributed by atoms with E-state index in [4.69, 9.17) is 4.74 Å². The van der Waals surface area contributed by atoms with Gasteiger partial charge in [-0.1, -0.05) is 60.7 Å². The van der Waals surface area contributed by atoms with E-state index in [-0.39, 0.29) is 17.7 Å². The molecule has 0 aromatic heterocycles. The summed E-state index contributed by atoms with van der Waals surface area (Å²) >= 11 is 0. The average Bonchev–Trinajstić information content (AvgIpc) is 2.76. The zero-order chi connectivity index (χ0) is 20.5. The highest BCUT2D eigenvalue weighted by molar-refractivity contribution is 5.94. The molecule has 0 saturated carbocycles. The summed E-state index contributed by atoms with van der Waals surface area (Å²) in [6.45, 7) is 1.97. The molecule has 0 bridgehead atoms. The van der Waals surface area contributed by atoms with E-state index in [0.717, 1.165) is 11.1 Å². The maximum Gasteiger partial charge on any atom is 0.220 e. The van der Waals surface area contributed by atoms with Gasteiger partial charge in [0.15, 0.2) is 5.78 Å². The number of hydrogen-bond acceptors (Lipinski definition) is 3. The molecule has 3 aromatic carbocycles. The molecular weight excluding hydrogens is 362 g/mol. The van der Waals surface area contributed by atoms with E-state index in [1.165, 1.54) is 6.92 Å². The van der Waals surface area contributed by atoms with Crippen molar-refractivity contribution >= 4 is 11.7 Å². The Morgan fingerprint density at radius 2 is 1.38 bits per heavy atom. The first kappa shape index (κ1) is 20.3. The van der Waals surface area contributed by atoms with Crippen molar-refractivity contribution in [3.8, 4) is 5.75 Å². The number of nitrogens with one attached hydrogen (secondary N) is 1. The highest BCUT2D eigenvalue weighted by atomic mass is 16.5. The van der Waals surface area contributed by atoms with Gasteiger partial charge in [0.05, 0.1) is 12.6 Å². The number of Topliss-reactive ketones (excluding diaryl/α,β-unsaturated/α-hetero) is 1. The number of benzene rings is 3. The highest BCUT2D eigenvalue weighted by Gasteiger charge is 2.16. The van der Waals surface area contributed by atoms with Crippen LogP contribution in [0.5, 0.6) is 5.75 Å². The van der Waals surface area contributed by atoms with Gasteiger partial charge in [-0.05, 0) is 48.7 Å². The quantitative estimate of drug-likeness (QED) is 0.417. The molecule has 4 nitrogen and oxygen atoms in total. The van der Waals surface area contributed by atoms with Crippen molar-refractivity contribution in [1.82, 2.24) is 5.32 Å². The smallest absolute Gasteiger partial charge is 0.220 e. The predicted octanol–water partition coefficient (Wildman–Crippen LogP) is 4.95. The molecule has 3 aromatic rings. The zero-order valence-corrected chi connectivity index (χ0v) is 16.5. The molecule has 4 heteroatoms. The summed E-state index contributed by atoms with van der Waals surface area (Å²) in [4.78, 5) is 23.8. The number of rotatable bonds is 9. The number of ketones is 1. The highest BCUT2D eigenvalue weighted by Crippen LogP contribution is 2.22. The van der Waals surface area contributed by atoms with E-state index in [2.05, 4.69) is 5.32 Å². The summed E-state index contributed by atoms with van der Waals surface area (Å²) in [6, 6.07) is 26.8. The molecule has 0 unspecified atom stereocenters. The molecular formula is C25H25NO3. The van der Waals surface area contributed by atoms with Crippen LogP contribution < -0.4 is 10.1 Å². The van der Waals surface area contributed by atoms with Gasteiger partial charge in [0.25, 0.3) is 0 Å². The lowest BCUT2D eigenvalue weighted by molar-refractivity contribution is -0.121. The Hall–Kier alpha value is -3.40. The number of ether oxygens (including phenoxy) is 1. The third-order valence-electron chi connectivity index (χ3n) is 4.65. The number of carbonyl (C=O) groups is 2. The number of amides is 1. The van der Waals surface area contributed by atoms with Crippen LogP contribution in [0.3, 0.4) is 0 Å². The van der Waals surface area contributed by atoms with Gasteiger partial charge < -0.3 is 10.1 Å². The first-order valence-corrected chi connectivity index (χ1v) is 9.76. The van der Waals surface area contributed by atoms with E-state index < -0.39 is 0 Å². The van der Waals surface area contributed by atoms with Crippen LogP contribution in [0.1, 0.15) is 47.3 Å². The first-order chi connectivity index (χ1) is 14.1. The summed E-state index contributed by atoms with van der Waals surface area (Å²) in [5.41, 5.74) is 2.76. The molecule has 1 N–H and O–H groups in total. The van der Waals surface area contributed by atoms with Crippen molar-refractivity contribution in [2.24, 2.45) is 0 Å². The fraction of sp³-hybridized carbons (Fsp3) is 0.200. The van der Waals surface area contributed by atoms with Crippen LogP contribution >= 0.6 is 0 Å². The maximum atomic E-state index is 12.5. The molecule has 29 heavy (non-hydrogen) atoms. The fourth-order valence-corrected chi connectivity index (χ4v) is 3.09. The number of carbonyl (C=O) groups excluding carboxylic acids is 2. The molecule has 0 aliphatic heterocycles. The third kappa shape index (κ3) is 6.04. The summed E-state index contributed by atoms with van der Waals surface area (Å²) in [5.74, 6) is 0.708. The SMILES string of the molecule is CC(=O)c1ccc(OCCCC(=O)NC(c2ccccc2)c2ccccc2)cc1. The van der Waals surface area contributed by atoms with Crippen LogP contribution in [0.2, 0.25) is 0 Å². The minimum Gasteiger partial charge on any atom is -0.494 e. The Morgan fingerprint density at radius 3 is 1.90 bits per heavy atom. The largest absolute Gasteiger partial charge is 0.494 e. The van der Waals surface area contributed by atoms with Gasteiger partial charge in [-0.15, -0.1) is 0 Å². The molecule has 1 amide bonds. The van der Waals surface area contributed by atoms with Crippen LogP contribution in [-0.2, 0) is 4.79 Å². The van der Waals surface area contributed by atoms with Gasteiger partial charge in [0.2, 0.25) is 5.91 Å². The van der Waals surface area contributed by atoms with Crippen molar-refractivity contribution in [1.29, 1.82) is 0 Å². The molecule has 0 fully saturated rings. The van der Waals surface area contributed by atoms with E-state index in [0.29, 0.717) is 30.8 Å². The zero-order valence-electron chi connectivity index (χ0n) is 16.5. The second-order valence-electron chi connectivity index (χ2n) is 6.85. The van der Waals surface area contributed by atoms with Gasteiger partial charge in [0.1, 0.15) is 5.75 Å². The van der Waals surface area contributed by atoms with Crippen LogP contribution in [0.15, 0.2) is 84.9 Å². The van der Waals surface area contributed by atoms with Crippen molar-refractivity contribution < 1.29 is 14.3 Å². The van der Waals surface area contributed by atoms with Crippen LogP contribution in [-0.4, -0.2) is 18.3 Å². The molecule has 148 valence electrons. The molecule has 0 saturated heterocycles. The Bertz CT molecular complexity index is 882. The lowest BCUT2D eigenvalue weighted by atomic mass is 9.98. The maximum absolute atomic E-state index is 12.5. The van der Waals surface area contributed by atoms with Gasteiger partial charge in [-0.2, -0.15) is 0 Å². The lowest BCUT2D eigenvalue weighted by Gasteiger charge is -2.20. The summed E-state index contributed by atoms with van der Waals surface area (Å²) in [7, 11) is 0. The Balaban J connectivity index is 1.52. The van der Waals surface area contributed by atoms with Crippen molar-refractivity contribution in [3.63, 3.8) is 0 Å². The molecule has 0 radical (unpaired) electrons. The van der Waals surface area contributed by atoms with Gasteiger partial charge >= 0.3 is 0 Å². The average molecular weight is 387 g/mol. The molecule has 0 heterocycles. The van der Waals surface area contributed by atoms with Crippen molar-refractivity contribution in [2.75, 3.05) is 6.61 Å². The van der Waals surface area contributed by atoms with Crippen molar-refractivity contribution in [2.45, 2.75) is 25.8 Å². The first-order valence-electron chi connectivity index (χ1n) is 9.76. The number of hydrogen-bond donors (Lipinski definition) is 1. The van der Waals surface area contributed by atoms with Gasteiger partial charge in [0, 0.05) is 12.0 Å². The van der Waals surface area contributed by atoms with E-state index >= 15 is 0 Å². The Kier molecular flexibility index (Phi) is 7.17. The topological polar surface area (TPSA) is 55.4 Å².